The van der Waals surface area contributed by atoms with Crippen molar-refractivity contribution in [3.63, 3.8) is 0 Å². The highest BCUT2D eigenvalue weighted by molar-refractivity contribution is 6.18. The van der Waals surface area contributed by atoms with Gasteiger partial charge in [0.05, 0.1) is 22.7 Å². The van der Waals surface area contributed by atoms with Gasteiger partial charge in [-0.05, 0) is 61.9 Å². The molecule has 0 bridgehead atoms. The number of hydrogen-bond donors (Lipinski definition) is 7. The van der Waals surface area contributed by atoms with E-state index >= 15 is 0 Å². The van der Waals surface area contributed by atoms with Crippen molar-refractivity contribution in [3.8, 4) is 23.0 Å². The van der Waals surface area contributed by atoms with Crippen LogP contribution in [0.4, 0.5) is 0 Å². The van der Waals surface area contributed by atoms with Crippen molar-refractivity contribution in [2.75, 3.05) is 13.1 Å². The number of carboxylic acids is 1. The first-order valence-corrected chi connectivity index (χ1v) is 12.2. The van der Waals surface area contributed by atoms with E-state index in [0.29, 0.717) is 19.4 Å². The molecule has 0 aliphatic carbocycles. The van der Waals surface area contributed by atoms with Crippen LogP contribution < -0.4 is 10.6 Å². The number of carbonyl (C=O) groups is 4. The molecule has 0 aromatic heterocycles. The molecule has 1 saturated heterocycles. The van der Waals surface area contributed by atoms with Crippen LogP contribution in [0.25, 0.3) is 0 Å². The molecule has 0 unspecified atom stereocenters. The summed E-state index contributed by atoms with van der Waals surface area (Å²) in [6.07, 6.45) is 0.199. The van der Waals surface area contributed by atoms with Gasteiger partial charge < -0.3 is 40.9 Å². The molecule has 1 amide bonds. The first-order chi connectivity index (χ1) is 19.1. The smallest absolute Gasteiger partial charge is 0.338 e. The number of aromatic hydroxyl groups is 4. The van der Waals surface area contributed by atoms with Crippen LogP contribution in [0.1, 0.15) is 59.8 Å². The van der Waals surface area contributed by atoms with Crippen molar-refractivity contribution in [2.45, 2.75) is 25.0 Å². The van der Waals surface area contributed by atoms with Gasteiger partial charge >= 0.3 is 11.9 Å². The first kappa shape index (κ1) is 27.9. The third-order valence-electron chi connectivity index (χ3n) is 6.40. The molecule has 0 spiro atoms. The van der Waals surface area contributed by atoms with Gasteiger partial charge in [0, 0.05) is 12.1 Å². The molecule has 3 aromatic rings. The molecule has 1 aliphatic rings. The molecule has 7 N–H and O–H groups in total. The van der Waals surface area contributed by atoms with Crippen LogP contribution in [0.15, 0.2) is 54.6 Å². The van der Waals surface area contributed by atoms with Crippen molar-refractivity contribution in [1.82, 2.24) is 10.6 Å². The van der Waals surface area contributed by atoms with E-state index in [0.717, 1.165) is 24.3 Å². The Morgan fingerprint density at radius 1 is 0.850 bits per heavy atom. The van der Waals surface area contributed by atoms with E-state index in [4.69, 9.17) is 4.74 Å². The number of esters is 1. The quantitative estimate of drug-likeness (QED) is 0.168. The summed E-state index contributed by atoms with van der Waals surface area (Å²) in [5, 5.41) is 56.2. The molecule has 12 nitrogen and oxygen atoms in total. The predicted octanol–water partition coefficient (Wildman–Crippen LogP) is 2.15. The predicted molar refractivity (Wildman–Crippen MR) is 139 cm³/mol. The number of carboxylic acid groups (broad SMARTS) is 1. The number of ketones is 1. The largest absolute Gasteiger partial charge is 0.508 e. The topological polar surface area (TPSA) is 203 Å². The zero-order valence-corrected chi connectivity index (χ0v) is 21.0. The van der Waals surface area contributed by atoms with E-state index in [1.807, 2.05) is 0 Å². The fraction of sp³-hybridized carbons (Fsp3) is 0.214. The van der Waals surface area contributed by atoms with E-state index in [2.05, 4.69) is 10.6 Å². The van der Waals surface area contributed by atoms with Gasteiger partial charge in [0.1, 0.15) is 34.7 Å². The SMILES string of the molecule is O=C(N[C@H]1CNCCC[C@@H]1OC(=O)c1cc(O)c(C(=O)c2c(O)cccc2C(=O)O)c(O)c1)c1cccc(O)c1. The Labute approximate surface area is 227 Å². The molecule has 0 saturated carbocycles. The zero-order valence-electron chi connectivity index (χ0n) is 21.0. The van der Waals surface area contributed by atoms with Crippen molar-refractivity contribution in [2.24, 2.45) is 0 Å². The number of ether oxygens (including phenoxy) is 1. The highest BCUT2D eigenvalue weighted by Gasteiger charge is 2.31. The number of phenolic OH excluding ortho intramolecular Hbond substituents is 4. The van der Waals surface area contributed by atoms with Crippen molar-refractivity contribution >= 4 is 23.6 Å². The van der Waals surface area contributed by atoms with Crippen LogP contribution in [0.5, 0.6) is 23.0 Å². The summed E-state index contributed by atoms with van der Waals surface area (Å²) in [5.41, 5.74) is -2.01. The average Bonchev–Trinajstić information content (AvgIpc) is 3.12. The maximum absolute atomic E-state index is 13.0. The standard InChI is InChI=1S/C28H26N2O10/c31-16-5-1-4-14(10-16)26(36)30-18-13-29-9-3-8-22(18)40-28(39)15-11-20(33)24(21(34)12-15)25(35)23-17(27(37)38)6-2-7-19(23)32/h1-2,4-7,10-12,18,22,29,31-34H,3,8-9,13H2,(H,30,36)(H,37,38)/t18-,22-/m0/s1. The number of phenols is 4. The van der Waals surface area contributed by atoms with Crippen LogP contribution >= 0.6 is 0 Å². The van der Waals surface area contributed by atoms with Crippen LogP contribution in [-0.2, 0) is 4.74 Å². The number of carbonyl (C=O) groups excluding carboxylic acids is 3. The third-order valence-corrected chi connectivity index (χ3v) is 6.40. The van der Waals surface area contributed by atoms with Gasteiger partial charge in [0.15, 0.2) is 0 Å². The molecule has 1 heterocycles. The summed E-state index contributed by atoms with van der Waals surface area (Å²) < 4.78 is 5.63. The summed E-state index contributed by atoms with van der Waals surface area (Å²) in [5.74, 6) is -6.57. The lowest BCUT2D eigenvalue weighted by molar-refractivity contribution is 0.0191. The van der Waals surface area contributed by atoms with Crippen LogP contribution in [0.3, 0.4) is 0 Å². The number of hydrogen-bond acceptors (Lipinski definition) is 10. The second-order valence-corrected chi connectivity index (χ2v) is 9.14. The minimum atomic E-state index is -1.51. The molecule has 12 heteroatoms. The lowest BCUT2D eigenvalue weighted by Gasteiger charge is -2.26. The normalized spacial score (nSPS) is 16.9. The molecule has 2 atom stereocenters. The number of nitrogens with one attached hydrogen (secondary N) is 2. The fourth-order valence-electron chi connectivity index (χ4n) is 4.45. The van der Waals surface area contributed by atoms with Crippen molar-refractivity contribution < 1.29 is 49.4 Å². The van der Waals surface area contributed by atoms with E-state index in [-0.39, 0.29) is 23.4 Å². The Morgan fingerprint density at radius 2 is 1.55 bits per heavy atom. The van der Waals surface area contributed by atoms with Crippen molar-refractivity contribution in [1.29, 1.82) is 0 Å². The Bertz CT molecular complexity index is 1460. The van der Waals surface area contributed by atoms with Crippen LogP contribution in [0, 0.1) is 0 Å². The van der Waals surface area contributed by atoms with Gasteiger partial charge in [-0.25, -0.2) is 9.59 Å². The lowest BCUT2D eigenvalue weighted by atomic mass is 9.95. The van der Waals surface area contributed by atoms with Gasteiger partial charge in [0.25, 0.3) is 5.91 Å². The van der Waals surface area contributed by atoms with E-state index < -0.39 is 69.7 Å². The van der Waals surface area contributed by atoms with Crippen LogP contribution in [-0.4, -0.2) is 74.4 Å². The maximum atomic E-state index is 13.0. The van der Waals surface area contributed by atoms with Crippen LogP contribution in [0.2, 0.25) is 0 Å². The average molecular weight is 551 g/mol. The van der Waals surface area contributed by atoms with Gasteiger partial charge in [-0.2, -0.15) is 0 Å². The molecule has 1 aliphatic heterocycles. The summed E-state index contributed by atoms with van der Waals surface area (Å²) in [6.45, 7) is 0.883. The molecule has 40 heavy (non-hydrogen) atoms. The number of amides is 1. The molecule has 0 radical (unpaired) electrons. The van der Waals surface area contributed by atoms with Gasteiger partial charge in [-0.3, -0.25) is 9.59 Å². The second kappa shape index (κ2) is 11.7. The molecule has 1 fully saturated rings. The van der Waals surface area contributed by atoms with Gasteiger partial charge in [0.2, 0.25) is 5.78 Å². The Hall–Kier alpha value is -5.10. The third kappa shape index (κ3) is 5.97. The summed E-state index contributed by atoms with van der Waals surface area (Å²) in [6, 6.07) is 10.2. The first-order valence-electron chi connectivity index (χ1n) is 12.2. The maximum Gasteiger partial charge on any atom is 0.338 e. The molecule has 4 rings (SSSR count). The fourth-order valence-corrected chi connectivity index (χ4v) is 4.45. The van der Waals surface area contributed by atoms with Gasteiger partial charge in [-0.1, -0.05) is 12.1 Å². The van der Waals surface area contributed by atoms with E-state index in [1.54, 1.807) is 0 Å². The van der Waals surface area contributed by atoms with Gasteiger partial charge in [-0.15, -0.1) is 0 Å². The minimum Gasteiger partial charge on any atom is -0.508 e. The highest BCUT2D eigenvalue weighted by atomic mass is 16.5. The number of benzene rings is 3. The molecular weight excluding hydrogens is 524 g/mol. The number of rotatable bonds is 7. The van der Waals surface area contributed by atoms with E-state index in [1.165, 1.54) is 30.3 Å². The molecule has 208 valence electrons. The Morgan fingerprint density at radius 3 is 2.23 bits per heavy atom. The summed E-state index contributed by atoms with van der Waals surface area (Å²) in [7, 11) is 0. The van der Waals surface area contributed by atoms with E-state index in [9.17, 15) is 44.7 Å². The Kier molecular flexibility index (Phi) is 8.20. The lowest BCUT2D eigenvalue weighted by Crippen LogP contribution is -2.49. The summed E-state index contributed by atoms with van der Waals surface area (Å²) >= 11 is 0. The molecular formula is C28H26N2O10. The Balaban J connectivity index is 1.56. The van der Waals surface area contributed by atoms with Crippen molar-refractivity contribution in [3.05, 3.63) is 82.4 Å². The monoisotopic (exact) mass is 550 g/mol. The zero-order chi connectivity index (χ0) is 29.0. The minimum absolute atomic E-state index is 0.0853. The number of aromatic carboxylic acids is 1. The second-order valence-electron chi connectivity index (χ2n) is 9.14. The summed E-state index contributed by atoms with van der Waals surface area (Å²) in [4.78, 5) is 50.3. The molecule has 3 aromatic carbocycles. The highest BCUT2D eigenvalue weighted by Crippen LogP contribution is 2.35.